The molecular formula is C30H28N2O2S. The molecule has 0 saturated heterocycles. The highest BCUT2D eigenvalue weighted by Crippen LogP contribution is 2.26. The number of carbonyl (C=O) groups excluding carboxylic acids is 2. The molecule has 3 aromatic carbocycles. The van der Waals surface area contributed by atoms with Crippen molar-refractivity contribution in [3.63, 3.8) is 0 Å². The first-order valence-electron chi connectivity index (χ1n) is 11.5. The maximum atomic E-state index is 13.7. The monoisotopic (exact) mass is 480 g/mol. The molecule has 4 aromatic rings. The van der Waals surface area contributed by atoms with Crippen molar-refractivity contribution in [3.05, 3.63) is 134 Å². The molecule has 0 saturated carbocycles. The number of thiophene rings is 1. The molecular weight excluding hydrogens is 452 g/mol. The lowest BCUT2D eigenvalue weighted by Gasteiger charge is -2.23. The summed E-state index contributed by atoms with van der Waals surface area (Å²) in [6, 6.07) is 26.9. The van der Waals surface area contributed by atoms with Crippen molar-refractivity contribution in [3.8, 4) is 0 Å². The molecule has 0 aliphatic rings. The fourth-order valence-corrected chi connectivity index (χ4v) is 4.69. The Kier molecular flexibility index (Phi) is 7.58. The minimum Gasteiger partial charge on any atom is -0.340 e. The van der Waals surface area contributed by atoms with E-state index in [2.05, 4.69) is 29.7 Å². The second-order valence-electron chi connectivity index (χ2n) is 8.52. The van der Waals surface area contributed by atoms with Crippen LogP contribution in [0.25, 0.3) is 6.08 Å². The van der Waals surface area contributed by atoms with Gasteiger partial charge >= 0.3 is 0 Å². The van der Waals surface area contributed by atoms with E-state index in [1.807, 2.05) is 86.0 Å². The molecule has 0 unspecified atom stereocenters. The summed E-state index contributed by atoms with van der Waals surface area (Å²) >= 11 is 1.50. The first-order chi connectivity index (χ1) is 16.9. The lowest BCUT2D eigenvalue weighted by Crippen LogP contribution is -2.37. The topological polar surface area (TPSA) is 58.2 Å². The average molecular weight is 481 g/mol. The highest BCUT2D eigenvalue weighted by Gasteiger charge is 2.22. The molecule has 5 heteroatoms. The second kappa shape index (κ2) is 11.0. The molecule has 4 rings (SSSR count). The van der Waals surface area contributed by atoms with Gasteiger partial charge in [-0.05, 0) is 66.6 Å². The highest BCUT2D eigenvalue weighted by molar-refractivity contribution is 7.10. The molecule has 1 aromatic heterocycles. The first kappa shape index (κ1) is 24.2. The van der Waals surface area contributed by atoms with Crippen molar-refractivity contribution in [2.24, 2.45) is 0 Å². The molecule has 0 aliphatic carbocycles. The first-order valence-corrected chi connectivity index (χ1v) is 12.4. The van der Waals surface area contributed by atoms with Crippen molar-refractivity contribution in [1.29, 1.82) is 0 Å². The van der Waals surface area contributed by atoms with E-state index < -0.39 is 0 Å². The zero-order chi connectivity index (χ0) is 24.8. The van der Waals surface area contributed by atoms with Crippen LogP contribution in [0.3, 0.4) is 0 Å². The van der Waals surface area contributed by atoms with E-state index in [0.717, 1.165) is 32.7 Å². The van der Waals surface area contributed by atoms with Crippen LogP contribution in [-0.4, -0.2) is 11.8 Å². The summed E-state index contributed by atoms with van der Waals surface area (Å²) in [5.74, 6) is -0.669. The lowest BCUT2D eigenvalue weighted by atomic mass is 9.93. The minimum absolute atomic E-state index is 0.200. The molecule has 0 aliphatic heterocycles. The van der Waals surface area contributed by atoms with Gasteiger partial charge in [0.2, 0.25) is 0 Å². The minimum atomic E-state index is -0.369. The summed E-state index contributed by atoms with van der Waals surface area (Å²) < 4.78 is 0. The van der Waals surface area contributed by atoms with Gasteiger partial charge in [-0.3, -0.25) is 9.59 Å². The lowest BCUT2D eigenvalue weighted by molar-refractivity contribution is -0.118. The van der Waals surface area contributed by atoms with Crippen molar-refractivity contribution in [1.82, 2.24) is 10.6 Å². The van der Waals surface area contributed by atoms with E-state index in [0.29, 0.717) is 5.56 Å². The van der Waals surface area contributed by atoms with Crippen LogP contribution < -0.4 is 10.6 Å². The van der Waals surface area contributed by atoms with Gasteiger partial charge in [0.15, 0.2) is 0 Å². The molecule has 1 heterocycles. The number of rotatable bonds is 7. The standard InChI is InChI=1S/C30H28N2O2S/c1-20-15-16-25(22(3)18-20)28(23-11-5-4-6-12-23)32-30(34)27(19-24-13-9-17-35-24)31-29(33)26-14-8-7-10-21(26)2/h4-19,28H,1-3H3,(H,31,33)(H,32,34)/b27-19-/t28-/m0/s1. The summed E-state index contributed by atoms with van der Waals surface area (Å²) in [5, 5.41) is 7.98. The van der Waals surface area contributed by atoms with Gasteiger partial charge in [-0.25, -0.2) is 0 Å². The van der Waals surface area contributed by atoms with Crippen LogP contribution in [0.15, 0.2) is 96.0 Å². The SMILES string of the molecule is Cc1ccc([C@@H](NC(=O)/C(=C/c2cccs2)NC(=O)c2ccccc2C)c2ccccc2)c(C)c1. The molecule has 0 radical (unpaired) electrons. The summed E-state index contributed by atoms with van der Waals surface area (Å²) in [5.41, 5.74) is 5.81. The zero-order valence-electron chi connectivity index (χ0n) is 20.0. The molecule has 0 fully saturated rings. The van der Waals surface area contributed by atoms with Crippen LogP contribution in [-0.2, 0) is 4.79 Å². The Morgan fingerprint density at radius 1 is 0.829 bits per heavy atom. The molecule has 2 N–H and O–H groups in total. The quantitative estimate of drug-likeness (QED) is 0.303. The average Bonchev–Trinajstić information content (AvgIpc) is 3.36. The number of benzene rings is 3. The largest absolute Gasteiger partial charge is 0.340 e. The van der Waals surface area contributed by atoms with Gasteiger partial charge in [-0.1, -0.05) is 78.4 Å². The van der Waals surface area contributed by atoms with Crippen LogP contribution >= 0.6 is 11.3 Å². The van der Waals surface area contributed by atoms with Crippen molar-refractivity contribution >= 4 is 29.2 Å². The van der Waals surface area contributed by atoms with Crippen LogP contribution in [0.5, 0.6) is 0 Å². The predicted octanol–water partition coefficient (Wildman–Crippen LogP) is 6.35. The number of amides is 2. The van der Waals surface area contributed by atoms with Gasteiger partial charge in [-0.15, -0.1) is 11.3 Å². The predicted molar refractivity (Wildman–Crippen MR) is 143 cm³/mol. The third-order valence-electron chi connectivity index (χ3n) is 5.86. The fraction of sp³-hybridized carbons (Fsp3) is 0.133. The van der Waals surface area contributed by atoms with Crippen LogP contribution in [0.4, 0.5) is 0 Å². The van der Waals surface area contributed by atoms with Gasteiger partial charge < -0.3 is 10.6 Å². The number of aryl methyl sites for hydroxylation is 3. The van der Waals surface area contributed by atoms with Crippen molar-refractivity contribution < 1.29 is 9.59 Å². The van der Waals surface area contributed by atoms with Crippen molar-refractivity contribution in [2.75, 3.05) is 0 Å². The molecule has 1 atom stereocenters. The molecule has 2 amide bonds. The molecule has 0 bridgehead atoms. The number of hydrogen-bond acceptors (Lipinski definition) is 3. The molecule has 0 spiro atoms. The number of nitrogens with one attached hydrogen (secondary N) is 2. The van der Waals surface area contributed by atoms with Gasteiger partial charge in [0, 0.05) is 10.4 Å². The van der Waals surface area contributed by atoms with E-state index in [1.54, 1.807) is 12.1 Å². The normalized spacial score (nSPS) is 12.1. The van der Waals surface area contributed by atoms with E-state index in [4.69, 9.17) is 0 Å². The maximum Gasteiger partial charge on any atom is 0.268 e. The Balaban J connectivity index is 1.69. The van der Waals surface area contributed by atoms with Crippen molar-refractivity contribution in [2.45, 2.75) is 26.8 Å². The highest BCUT2D eigenvalue weighted by atomic mass is 32.1. The van der Waals surface area contributed by atoms with E-state index in [1.165, 1.54) is 11.3 Å². The summed E-state index contributed by atoms with van der Waals surface area (Å²) in [4.78, 5) is 27.6. The number of hydrogen-bond donors (Lipinski definition) is 2. The Bertz CT molecular complexity index is 1360. The van der Waals surface area contributed by atoms with Gasteiger partial charge in [0.25, 0.3) is 11.8 Å². The zero-order valence-corrected chi connectivity index (χ0v) is 20.9. The fourth-order valence-electron chi connectivity index (χ4n) is 4.04. The summed E-state index contributed by atoms with van der Waals surface area (Å²) in [6.45, 7) is 5.98. The third kappa shape index (κ3) is 5.94. The Labute approximate surface area is 210 Å². The molecule has 35 heavy (non-hydrogen) atoms. The van der Waals surface area contributed by atoms with E-state index >= 15 is 0 Å². The maximum absolute atomic E-state index is 13.7. The van der Waals surface area contributed by atoms with Crippen LogP contribution in [0.2, 0.25) is 0 Å². The second-order valence-corrected chi connectivity index (χ2v) is 9.50. The number of carbonyl (C=O) groups is 2. The summed E-state index contributed by atoms with van der Waals surface area (Å²) in [7, 11) is 0. The molecule has 4 nitrogen and oxygen atoms in total. The van der Waals surface area contributed by atoms with Gasteiger partial charge in [0.1, 0.15) is 5.70 Å². The van der Waals surface area contributed by atoms with E-state index in [-0.39, 0.29) is 23.6 Å². The molecule has 176 valence electrons. The Morgan fingerprint density at radius 2 is 1.57 bits per heavy atom. The smallest absolute Gasteiger partial charge is 0.268 e. The summed E-state index contributed by atoms with van der Waals surface area (Å²) in [6.07, 6.45) is 1.72. The van der Waals surface area contributed by atoms with Gasteiger partial charge in [-0.2, -0.15) is 0 Å². The Morgan fingerprint density at radius 3 is 2.26 bits per heavy atom. The van der Waals surface area contributed by atoms with Crippen LogP contribution in [0, 0.1) is 20.8 Å². The third-order valence-corrected chi connectivity index (χ3v) is 6.68. The van der Waals surface area contributed by atoms with Gasteiger partial charge in [0.05, 0.1) is 6.04 Å². The van der Waals surface area contributed by atoms with Crippen LogP contribution in [0.1, 0.15) is 49.1 Å². The van der Waals surface area contributed by atoms with E-state index in [9.17, 15) is 9.59 Å². The Hall–Kier alpha value is -3.96.